The number of allylic oxidation sites excluding steroid dienone is 2. The zero-order valence-electron chi connectivity index (χ0n) is 22.9. The monoisotopic (exact) mass is 634 g/mol. The lowest BCUT2D eigenvalue weighted by molar-refractivity contribution is -0.750. The molecule has 1 aromatic heterocycles. The Bertz CT molecular complexity index is 1650. The number of benzene rings is 2. The highest BCUT2D eigenvalue weighted by Crippen LogP contribution is 2.48. The van der Waals surface area contributed by atoms with Gasteiger partial charge in [-0.1, -0.05) is 59.8 Å². The third kappa shape index (κ3) is 9.22. The maximum atomic E-state index is 11.2. The number of fused-ring (bicyclic) bond motifs is 1. The summed E-state index contributed by atoms with van der Waals surface area (Å²) in [5.41, 5.74) is 4.24. The van der Waals surface area contributed by atoms with Gasteiger partial charge in [-0.25, -0.2) is 16.8 Å². The van der Waals surface area contributed by atoms with E-state index in [1.54, 1.807) is 16.4 Å². The normalized spacial score (nSPS) is 15.1. The minimum Gasteiger partial charge on any atom is -0.748 e. The van der Waals surface area contributed by atoms with Crippen LogP contribution >= 0.6 is 23.1 Å². The van der Waals surface area contributed by atoms with E-state index < -0.39 is 26.0 Å². The average molecular weight is 635 g/mol. The third-order valence-corrected chi connectivity index (χ3v) is 10.0. The van der Waals surface area contributed by atoms with E-state index in [9.17, 15) is 25.9 Å². The van der Waals surface area contributed by atoms with Gasteiger partial charge >= 0.3 is 0 Å². The molecule has 3 aromatic rings. The van der Waals surface area contributed by atoms with Crippen molar-refractivity contribution in [2.75, 3.05) is 23.0 Å². The summed E-state index contributed by atoms with van der Waals surface area (Å²) in [5.74, 6) is -0.824. The van der Waals surface area contributed by atoms with E-state index in [1.165, 1.54) is 11.3 Å². The Morgan fingerprint density at radius 3 is 2.37 bits per heavy atom. The highest BCUT2D eigenvalue weighted by Gasteiger charge is 2.26. The van der Waals surface area contributed by atoms with Crippen LogP contribution in [0.5, 0.6) is 0 Å². The Labute approximate surface area is 250 Å². The van der Waals surface area contributed by atoms with E-state index in [2.05, 4.69) is 53.3 Å². The van der Waals surface area contributed by atoms with Crippen LogP contribution in [0.25, 0.3) is 17.2 Å². The minimum atomic E-state index is -4.29. The molecule has 0 atom stereocenters. The van der Waals surface area contributed by atoms with Gasteiger partial charge in [0.1, 0.15) is 0 Å². The molecule has 0 bridgehead atoms. The number of unbranched alkanes of at least 4 members (excludes halogenated alkanes) is 1. The molecule has 2 heterocycles. The first-order valence-electron chi connectivity index (χ1n) is 13.2. The smallest absolute Gasteiger partial charge is 0.289 e. The van der Waals surface area contributed by atoms with Crippen LogP contribution in [0, 0.1) is 6.92 Å². The first kappa shape index (κ1) is 31.4. The first-order valence-corrected chi connectivity index (χ1v) is 18.0. The molecule has 0 fully saturated rings. The number of aromatic nitrogens is 2. The van der Waals surface area contributed by atoms with Gasteiger partial charge in [-0.05, 0) is 72.4 Å². The molecule has 0 radical (unpaired) electrons. The fourth-order valence-electron chi connectivity index (χ4n) is 4.46. The van der Waals surface area contributed by atoms with Crippen molar-refractivity contribution >= 4 is 55.1 Å². The number of anilines is 1. The molecular weight excluding hydrogens is 603 g/mol. The quantitative estimate of drug-likeness (QED) is 0.146. The lowest BCUT2D eigenvalue weighted by Crippen LogP contribution is -2.39. The van der Waals surface area contributed by atoms with Crippen molar-refractivity contribution in [3.8, 4) is 11.1 Å². The molecule has 0 aliphatic carbocycles. The van der Waals surface area contributed by atoms with E-state index in [0.717, 1.165) is 48.7 Å². The Hall–Kier alpha value is -2.55. The molecule has 0 spiro atoms. The van der Waals surface area contributed by atoms with Crippen LogP contribution in [0.1, 0.15) is 42.6 Å². The largest absolute Gasteiger partial charge is 0.748 e. The molecular formula is C28H32N3O6S4-. The highest BCUT2D eigenvalue weighted by molar-refractivity contribution is 8.03. The Kier molecular flexibility index (Phi) is 10.4. The molecule has 0 amide bonds. The summed E-state index contributed by atoms with van der Waals surface area (Å²) in [4.78, 5) is 3.27. The van der Waals surface area contributed by atoms with Gasteiger partial charge < -0.3 is 14.0 Å². The average Bonchev–Trinajstić information content (AvgIpc) is 3.43. The van der Waals surface area contributed by atoms with Gasteiger partial charge in [0.25, 0.3) is 5.01 Å². The van der Waals surface area contributed by atoms with Crippen molar-refractivity contribution in [1.82, 2.24) is 5.10 Å². The number of thioether (sulfide) groups is 1. The van der Waals surface area contributed by atoms with Crippen molar-refractivity contribution in [1.29, 1.82) is 0 Å². The molecule has 41 heavy (non-hydrogen) atoms. The minimum absolute atomic E-state index is 0.185. The first-order chi connectivity index (χ1) is 19.4. The number of rotatable bonds is 13. The van der Waals surface area contributed by atoms with Gasteiger partial charge in [-0.2, -0.15) is 0 Å². The molecule has 0 unspecified atom stereocenters. The Morgan fingerprint density at radius 1 is 0.976 bits per heavy atom. The van der Waals surface area contributed by atoms with Crippen LogP contribution in [0.4, 0.5) is 5.69 Å². The van der Waals surface area contributed by atoms with Crippen LogP contribution < -0.4 is 9.58 Å². The number of hydrogen-bond acceptors (Lipinski definition) is 10. The molecule has 1 aliphatic rings. The summed E-state index contributed by atoms with van der Waals surface area (Å²) >= 11 is 3.13. The summed E-state index contributed by atoms with van der Waals surface area (Å²) in [7, 11) is -8.55. The summed E-state index contributed by atoms with van der Waals surface area (Å²) in [5, 5.41) is 7.17. The lowest BCUT2D eigenvalue weighted by Gasteiger charge is -2.21. The van der Waals surface area contributed by atoms with Crippen LogP contribution in [0.15, 0.2) is 70.1 Å². The molecule has 13 heteroatoms. The van der Waals surface area contributed by atoms with Gasteiger partial charge in [-0.15, -0.1) is 0 Å². The van der Waals surface area contributed by atoms with Crippen LogP contribution in [-0.2, 0) is 26.8 Å². The van der Waals surface area contributed by atoms with Crippen molar-refractivity contribution in [2.45, 2.75) is 51.0 Å². The molecule has 220 valence electrons. The van der Waals surface area contributed by atoms with E-state index in [-0.39, 0.29) is 18.6 Å². The number of aryl methyl sites for hydroxylation is 2. The maximum absolute atomic E-state index is 11.2. The lowest BCUT2D eigenvalue weighted by atomic mass is 10.0. The predicted molar refractivity (Wildman–Crippen MR) is 161 cm³/mol. The summed E-state index contributed by atoms with van der Waals surface area (Å²) < 4.78 is 68.3. The molecule has 0 saturated carbocycles. The van der Waals surface area contributed by atoms with E-state index in [4.69, 9.17) is 0 Å². The second-order valence-corrected chi connectivity index (χ2v) is 14.9. The molecule has 1 aliphatic heterocycles. The Balaban J connectivity index is 1.63. The Morgan fingerprint density at radius 2 is 1.68 bits per heavy atom. The van der Waals surface area contributed by atoms with Crippen molar-refractivity contribution in [3.63, 3.8) is 0 Å². The van der Waals surface area contributed by atoms with Crippen molar-refractivity contribution in [3.05, 3.63) is 75.2 Å². The van der Waals surface area contributed by atoms with Gasteiger partial charge in [0.15, 0.2) is 11.6 Å². The van der Waals surface area contributed by atoms with Gasteiger partial charge in [-0.3, -0.25) is 0 Å². The number of hydrogen-bond donors (Lipinski definition) is 0. The van der Waals surface area contributed by atoms with E-state index in [1.807, 2.05) is 31.2 Å². The van der Waals surface area contributed by atoms with E-state index >= 15 is 0 Å². The van der Waals surface area contributed by atoms with Gasteiger partial charge in [0.05, 0.1) is 31.0 Å². The van der Waals surface area contributed by atoms with Gasteiger partial charge in [0, 0.05) is 40.5 Å². The molecule has 4 rings (SSSR count). The van der Waals surface area contributed by atoms with Crippen LogP contribution in [0.2, 0.25) is 0 Å². The summed E-state index contributed by atoms with van der Waals surface area (Å²) in [6.07, 6.45) is 5.87. The summed E-state index contributed by atoms with van der Waals surface area (Å²) in [6, 6.07) is 16.4. The standard InChI is InChI=1S/C28H33N3O6S4/c1-3-22(19-28-31(29-21(2)38-28)15-9-17-41(35,36)37)18-27-30(14-7-8-16-40(32,33)34)25-20-24(12-13-26(25)39-27)23-10-5-4-6-11-23/h4-6,10-13,18-20H,3,7-9,14-17H2,1-2H3,(H-,32,33,34,35,36,37)/p-1. The SMILES string of the molecule is CCC(/C=C1\Sc2ccc(-c3ccccc3)cc2N1CCCCS(=O)(=O)[O-])=C\c1sc(C)n[n+]1CCCS(=O)(=O)[O-]. The highest BCUT2D eigenvalue weighted by atomic mass is 32.2. The zero-order chi connectivity index (χ0) is 29.6. The maximum Gasteiger partial charge on any atom is 0.289 e. The topological polar surface area (TPSA) is 134 Å². The van der Waals surface area contributed by atoms with Crippen molar-refractivity contribution in [2.24, 2.45) is 0 Å². The second-order valence-electron chi connectivity index (χ2n) is 9.62. The zero-order valence-corrected chi connectivity index (χ0v) is 26.1. The van der Waals surface area contributed by atoms with E-state index in [0.29, 0.717) is 19.5 Å². The molecule has 2 aromatic carbocycles. The molecule has 0 saturated heterocycles. The fraction of sp³-hybridized carbons (Fsp3) is 0.357. The fourth-order valence-corrected chi connectivity index (χ4v) is 7.54. The molecule has 0 N–H and O–H groups in total. The number of nitrogens with zero attached hydrogens (tertiary/aromatic N) is 3. The molecule has 9 nitrogen and oxygen atoms in total. The summed E-state index contributed by atoms with van der Waals surface area (Å²) in [6.45, 7) is 4.81. The van der Waals surface area contributed by atoms with Crippen molar-refractivity contribution < 1.29 is 30.6 Å². The second kappa shape index (κ2) is 13.6. The van der Waals surface area contributed by atoms with Crippen LogP contribution in [-0.4, -0.2) is 49.1 Å². The third-order valence-electron chi connectivity index (χ3n) is 6.42. The van der Waals surface area contributed by atoms with Crippen LogP contribution in [0.3, 0.4) is 0 Å². The predicted octanol–water partition coefficient (Wildman–Crippen LogP) is 4.91. The van der Waals surface area contributed by atoms with Gasteiger partial charge in [0.2, 0.25) is 0 Å².